The van der Waals surface area contributed by atoms with E-state index in [9.17, 15) is 4.79 Å². The van der Waals surface area contributed by atoms with Crippen LogP contribution in [0.5, 0.6) is 0 Å². The largest absolute Gasteiger partial charge is 0.348 e. The maximum atomic E-state index is 10.4. The maximum Gasteiger partial charge on any atom is 0.229 e. The number of rotatable bonds is 2. The predicted molar refractivity (Wildman–Crippen MR) is 36.6 cm³/mol. The molecule has 0 amide bonds. The number of carbonyl (C=O) groups excluding carboxylic acids is 1. The van der Waals surface area contributed by atoms with Gasteiger partial charge in [-0.2, -0.15) is 5.10 Å². The summed E-state index contributed by atoms with van der Waals surface area (Å²) in [7, 11) is 1.44. The number of ether oxygens (including phenoxy) is 1. The van der Waals surface area contributed by atoms with Crippen molar-refractivity contribution in [3.05, 3.63) is 12.2 Å². The first kappa shape index (κ1) is 6.95. The number of hydrazone groups is 1. The third kappa shape index (κ3) is 1.06. The van der Waals surface area contributed by atoms with E-state index in [2.05, 4.69) is 10.5 Å². The molecule has 1 aliphatic heterocycles. The molecule has 1 heterocycles. The minimum absolute atomic E-state index is 0.653. The van der Waals surface area contributed by atoms with Crippen LogP contribution in [0.15, 0.2) is 17.3 Å². The Hall–Kier alpha value is -1.16. The van der Waals surface area contributed by atoms with Gasteiger partial charge in [0, 0.05) is 13.3 Å². The zero-order chi connectivity index (χ0) is 7.45. The molecule has 0 aliphatic carbocycles. The molecule has 1 rings (SSSR count). The Morgan fingerprint density at radius 1 is 1.80 bits per heavy atom. The number of allylic oxidation sites excluding steroid dienone is 1. The molecule has 0 aromatic rings. The Kier molecular flexibility index (Phi) is 1.82. The van der Waals surface area contributed by atoms with Crippen molar-refractivity contribution < 1.29 is 9.53 Å². The van der Waals surface area contributed by atoms with Crippen LogP contribution in [0.2, 0.25) is 0 Å². The van der Waals surface area contributed by atoms with Crippen LogP contribution < -0.4 is 5.43 Å². The zero-order valence-corrected chi connectivity index (χ0v) is 5.57. The molecule has 0 aromatic heterocycles. The van der Waals surface area contributed by atoms with Crippen LogP contribution in [0, 0.1) is 0 Å². The van der Waals surface area contributed by atoms with Crippen molar-refractivity contribution in [1.29, 1.82) is 0 Å². The Bertz CT molecular complexity index is 188. The quantitative estimate of drug-likeness (QED) is 0.534. The van der Waals surface area contributed by atoms with Crippen molar-refractivity contribution in [3.63, 3.8) is 0 Å². The van der Waals surface area contributed by atoms with E-state index < -0.39 is 5.72 Å². The SMILES string of the molecule is COC1(C=O)C=CC=NN1. The highest BCUT2D eigenvalue weighted by atomic mass is 16.5. The Morgan fingerprint density at radius 2 is 2.60 bits per heavy atom. The van der Waals surface area contributed by atoms with Gasteiger partial charge in [-0.05, 0) is 12.2 Å². The van der Waals surface area contributed by atoms with Crippen LogP contribution in [0.3, 0.4) is 0 Å². The fourth-order valence-electron chi connectivity index (χ4n) is 0.632. The smallest absolute Gasteiger partial charge is 0.229 e. The molecule has 1 aliphatic rings. The maximum absolute atomic E-state index is 10.4. The van der Waals surface area contributed by atoms with Gasteiger partial charge in [-0.1, -0.05) is 0 Å². The second-order valence-corrected chi connectivity index (χ2v) is 1.86. The molecular weight excluding hydrogens is 132 g/mol. The molecule has 4 nitrogen and oxygen atoms in total. The molecule has 0 spiro atoms. The van der Waals surface area contributed by atoms with Crippen molar-refractivity contribution in [2.75, 3.05) is 7.11 Å². The molecule has 1 unspecified atom stereocenters. The van der Waals surface area contributed by atoms with Gasteiger partial charge in [-0.25, -0.2) is 0 Å². The molecule has 0 aromatic carbocycles. The topological polar surface area (TPSA) is 50.7 Å². The van der Waals surface area contributed by atoms with E-state index >= 15 is 0 Å². The first-order valence-corrected chi connectivity index (χ1v) is 2.82. The predicted octanol–water partition coefficient (Wildman–Crippen LogP) is -0.327. The molecule has 10 heavy (non-hydrogen) atoms. The number of aldehydes is 1. The summed E-state index contributed by atoms with van der Waals surface area (Å²) in [4.78, 5) is 10.4. The summed E-state index contributed by atoms with van der Waals surface area (Å²) in [5, 5.41) is 3.65. The van der Waals surface area contributed by atoms with Gasteiger partial charge in [0.15, 0.2) is 6.29 Å². The van der Waals surface area contributed by atoms with Gasteiger partial charge in [-0.15, -0.1) is 0 Å². The second-order valence-electron chi connectivity index (χ2n) is 1.86. The van der Waals surface area contributed by atoms with Crippen molar-refractivity contribution in [2.24, 2.45) is 5.10 Å². The molecule has 0 radical (unpaired) electrons. The molecule has 0 bridgehead atoms. The van der Waals surface area contributed by atoms with Gasteiger partial charge in [0.2, 0.25) is 5.72 Å². The summed E-state index contributed by atoms with van der Waals surface area (Å²) >= 11 is 0. The van der Waals surface area contributed by atoms with Crippen molar-refractivity contribution in [1.82, 2.24) is 5.43 Å². The van der Waals surface area contributed by atoms with E-state index in [1.165, 1.54) is 7.11 Å². The van der Waals surface area contributed by atoms with Crippen LogP contribution in [0.25, 0.3) is 0 Å². The van der Waals surface area contributed by atoms with E-state index in [0.717, 1.165) is 0 Å². The number of nitrogens with zero attached hydrogens (tertiary/aromatic N) is 1. The Labute approximate surface area is 58.6 Å². The molecule has 0 saturated heterocycles. The summed E-state index contributed by atoms with van der Waals surface area (Å²) in [6, 6.07) is 0. The van der Waals surface area contributed by atoms with Gasteiger partial charge < -0.3 is 4.74 Å². The summed E-state index contributed by atoms with van der Waals surface area (Å²) in [6.07, 6.45) is 5.43. The molecule has 1 N–H and O–H groups in total. The van der Waals surface area contributed by atoms with Crippen molar-refractivity contribution in [3.8, 4) is 0 Å². The van der Waals surface area contributed by atoms with E-state index in [0.29, 0.717) is 6.29 Å². The van der Waals surface area contributed by atoms with Crippen LogP contribution in [-0.2, 0) is 9.53 Å². The van der Waals surface area contributed by atoms with Gasteiger partial charge >= 0.3 is 0 Å². The molecule has 4 heteroatoms. The molecule has 54 valence electrons. The Balaban J connectivity index is 2.75. The highest BCUT2D eigenvalue weighted by Gasteiger charge is 2.25. The molecule has 1 atom stereocenters. The lowest BCUT2D eigenvalue weighted by Gasteiger charge is -2.23. The summed E-state index contributed by atoms with van der Waals surface area (Å²) in [6.45, 7) is 0. The fraction of sp³-hybridized carbons (Fsp3) is 0.333. The van der Waals surface area contributed by atoms with Crippen molar-refractivity contribution in [2.45, 2.75) is 5.72 Å². The molecular formula is C6H8N2O2. The van der Waals surface area contributed by atoms with E-state index in [-0.39, 0.29) is 0 Å². The molecule has 0 fully saturated rings. The third-order valence-electron chi connectivity index (χ3n) is 1.26. The number of methoxy groups -OCH3 is 1. The van der Waals surface area contributed by atoms with Crippen LogP contribution in [0.4, 0.5) is 0 Å². The summed E-state index contributed by atoms with van der Waals surface area (Å²) in [5.41, 5.74) is 1.48. The lowest BCUT2D eigenvalue weighted by Crippen LogP contribution is -2.45. The van der Waals surface area contributed by atoms with Crippen molar-refractivity contribution >= 4 is 12.5 Å². The van der Waals surface area contributed by atoms with Crippen LogP contribution in [-0.4, -0.2) is 25.3 Å². The van der Waals surface area contributed by atoms with Gasteiger partial charge in [0.05, 0.1) is 0 Å². The average Bonchev–Trinajstić information content (AvgIpc) is 2.06. The number of hydrogen-bond donors (Lipinski definition) is 1. The minimum Gasteiger partial charge on any atom is -0.348 e. The standard InChI is InChI=1S/C6H8N2O2/c1-10-6(5-9)3-2-4-7-8-6/h2-5,8H,1H3. The minimum atomic E-state index is -1.05. The lowest BCUT2D eigenvalue weighted by molar-refractivity contribution is -0.125. The first-order chi connectivity index (χ1) is 4.83. The van der Waals surface area contributed by atoms with E-state index in [1.807, 2.05) is 0 Å². The highest BCUT2D eigenvalue weighted by Crippen LogP contribution is 2.05. The second kappa shape index (κ2) is 2.62. The molecule has 0 saturated carbocycles. The number of nitrogens with one attached hydrogen (secondary N) is 1. The van der Waals surface area contributed by atoms with Gasteiger partial charge in [0.25, 0.3) is 0 Å². The van der Waals surface area contributed by atoms with Crippen LogP contribution >= 0.6 is 0 Å². The van der Waals surface area contributed by atoms with E-state index in [4.69, 9.17) is 4.74 Å². The zero-order valence-electron chi connectivity index (χ0n) is 5.57. The highest BCUT2D eigenvalue weighted by molar-refractivity contribution is 5.76. The summed E-state index contributed by atoms with van der Waals surface area (Å²) < 4.78 is 4.85. The normalized spacial score (nSPS) is 29.7. The lowest BCUT2D eigenvalue weighted by atomic mass is 10.2. The first-order valence-electron chi connectivity index (χ1n) is 2.82. The third-order valence-corrected chi connectivity index (χ3v) is 1.26. The number of carbonyl (C=O) groups is 1. The summed E-state index contributed by atoms with van der Waals surface area (Å²) in [5.74, 6) is 0. The monoisotopic (exact) mass is 140 g/mol. The Morgan fingerprint density at radius 3 is 2.90 bits per heavy atom. The van der Waals surface area contributed by atoms with Gasteiger partial charge in [-0.3, -0.25) is 10.2 Å². The number of hydrogen-bond acceptors (Lipinski definition) is 4. The average molecular weight is 140 g/mol. The van der Waals surface area contributed by atoms with E-state index in [1.54, 1.807) is 18.4 Å². The van der Waals surface area contributed by atoms with Gasteiger partial charge in [0.1, 0.15) is 0 Å². The van der Waals surface area contributed by atoms with Crippen LogP contribution in [0.1, 0.15) is 0 Å². The fourth-order valence-corrected chi connectivity index (χ4v) is 0.632.